The first-order chi connectivity index (χ1) is 7.97. The van der Waals surface area contributed by atoms with Gasteiger partial charge in [-0.25, -0.2) is 8.42 Å². The molecule has 0 spiro atoms. The molecule has 0 aromatic rings. The lowest BCUT2D eigenvalue weighted by Crippen LogP contribution is -2.51. The maximum absolute atomic E-state index is 12.0. The van der Waals surface area contributed by atoms with Crippen LogP contribution in [-0.2, 0) is 10.0 Å². The van der Waals surface area contributed by atoms with Gasteiger partial charge in [-0.15, -0.1) is 0 Å². The fraction of sp³-hybridized carbons (Fsp3) is 1.00. The van der Waals surface area contributed by atoms with Crippen molar-refractivity contribution in [3.05, 3.63) is 0 Å². The van der Waals surface area contributed by atoms with E-state index < -0.39 is 10.0 Å². The highest BCUT2D eigenvalue weighted by Crippen LogP contribution is 2.10. The standard InChI is InChI=1S/C11H25N3O2S/c1-4-12-5-10-17(15,16)14-8-6-13(7-9-14)11(2)3/h11-12H,4-10H2,1-3H3. The molecule has 17 heavy (non-hydrogen) atoms. The average Bonchev–Trinajstić information content (AvgIpc) is 2.29. The van der Waals surface area contributed by atoms with Crippen LogP contribution in [0.4, 0.5) is 0 Å². The Morgan fingerprint density at radius 3 is 2.24 bits per heavy atom. The van der Waals surface area contributed by atoms with Gasteiger partial charge in [0.2, 0.25) is 10.0 Å². The van der Waals surface area contributed by atoms with Gasteiger partial charge in [0.25, 0.3) is 0 Å². The fourth-order valence-electron chi connectivity index (χ4n) is 2.01. The van der Waals surface area contributed by atoms with E-state index >= 15 is 0 Å². The van der Waals surface area contributed by atoms with E-state index in [9.17, 15) is 8.42 Å². The normalized spacial score (nSPS) is 20.0. The van der Waals surface area contributed by atoms with E-state index in [1.54, 1.807) is 4.31 Å². The molecule has 1 heterocycles. The molecule has 0 radical (unpaired) electrons. The number of piperazine rings is 1. The lowest BCUT2D eigenvalue weighted by Gasteiger charge is -2.36. The Morgan fingerprint density at radius 1 is 1.18 bits per heavy atom. The zero-order chi connectivity index (χ0) is 12.9. The number of nitrogens with zero attached hydrogens (tertiary/aromatic N) is 2. The van der Waals surface area contributed by atoms with Gasteiger partial charge in [0, 0.05) is 38.8 Å². The number of sulfonamides is 1. The highest BCUT2D eigenvalue weighted by atomic mass is 32.2. The number of hydrogen-bond donors (Lipinski definition) is 1. The van der Waals surface area contributed by atoms with Crippen LogP contribution in [0.25, 0.3) is 0 Å². The monoisotopic (exact) mass is 263 g/mol. The Kier molecular flexibility index (Phi) is 5.85. The second-order valence-corrected chi connectivity index (χ2v) is 6.79. The summed E-state index contributed by atoms with van der Waals surface area (Å²) in [7, 11) is -3.06. The van der Waals surface area contributed by atoms with Crippen LogP contribution in [0, 0.1) is 0 Å². The Labute approximate surface area is 105 Å². The third kappa shape index (κ3) is 4.54. The molecule has 0 saturated carbocycles. The molecule has 5 nitrogen and oxygen atoms in total. The summed E-state index contributed by atoms with van der Waals surface area (Å²) in [5.74, 6) is 0.211. The van der Waals surface area contributed by atoms with Crippen LogP contribution in [-0.4, -0.2) is 68.7 Å². The molecule has 0 unspecified atom stereocenters. The lowest BCUT2D eigenvalue weighted by molar-refractivity contribution is 0.154. The molecule has 1 saturated heterocycles. The molecular weight excluding hydrogens is 238 g/mol. The maximum Gasteiger partial charge on any atom is 0.215 e. The Balaban J connectivity index is 2.41. The van der Waals surface area contributed by atoms with Crippen LogP contribution in [0.2, 0.25) is 0 Å². The quantitative estimate of drug-likeness (QED) is 0.683. The number of rotatable bonds is 6. The summed E-state index contributed by atoms with van der Waals surface area (Å²) in [4.78, 5) is 2.32. The molecular formula is C11H25N3O2S. The zero-order valence-corrected chi connectivity index (χ0v) is 12.0. The molecule has 0 aromatic carbocycles. The second kappa shape index (κ2) is 6.68. The van der Waals surface area contributed by atoms with Crippen molar-refractivity contribution in [1.29, 1.82) is 0 Å². The highest BCUT2D eigenvalue weighted by Gasteiger charge is 2.27. The topological polar surface area (TPSA) is 52.7 Å². The first kappa shape index (κ1) is 14.9. The first-order valence-electron chi connectivity index (χ1n) is 6.40. The molecule has 0 aliphatic carbocycles. The Bertz CT molecular complexity index is 309. The van der Waals surface area contributed by atoms with Crippen LogP contribution in [0.1, 0.15) is 20.8 Å². The van der Waals surface area contributed by atoms with Crippen LogP contribution in [0.15, 0.2) is 0 Å². The van der Waals surface area contributed by atoms with Gasteiger partial charge in [-0.2, -0.15) is 4.31 Å². The average molecular weight is 263 g/mol. The smallest absolute Gasteiger partial charge is 0.215 e. The second-order valence-electron chi connectivity index (χ2n) is 4.70. The molecule has 1 rings (SSSR count). The van der Waals surface area contributed by atoms with Gasteiger partial charge >= 0.3 is 0 Å². The van der Waals surface area contributed by atoms with Crippen LogP contribution in [0.5, 0.6) is 0 Å². The summed E-state index contributed by atoms with van der Waals surface area (Å²) >= 11 is 0. The van der Waals surface area contributed by atoms with E-state index in [0.717, 1.165) is 19.6 Å². The Morgan fingerprint density at radius 2 is 1.76 bits per heavy atom. The van der Waals surface area contributed by atoms with Crippen molar-refractivity contribution in [1.82, 2.24) is 14.5 Å². The molecule has 1 N–H and O–H groups in total. The van der Waals surface area contributed by atoms with Crippen LogP contribution in [0.3, 0.4) is 0 Å². The van der Waals surface area contributed by atoms with Crippen molar-refractivity contribution in [2.75, 3.05) is 45.0 Å². The fourth-order valence-corrected chi connectivity index (χ4v) is 3.39. The van der Waals surface area contributed by atoms with Crippen molar-refractivity contribution >= 4 is 10.0 Å². The highest BCUT2D eigenvalue weighted by molar-refractivity contribution is 7.89. The number of nitrogens with one attached hydrogen (secondary N) is 1. The van der Waals surface area contributed by atoms with Crippen LogP contribution < -0.4 is 5.32 Å². The molecule has 0 amide bonds. The summed E-state index contributed by atoms with van der Waals surface area (Å²) in [6, 6.07) is 0.501. The maximum atomic E-state index is 12.0. The van der Waals surface area contributed by atoms with Crippen molar-refractivity contribution in [3.8, 4) is 0 Å². The number of hydrogen-bond acceptors (Lipinski definition) is 4. The van der Waals surface area contributed by atoms with E-state index in [2.05, 4.69) is 24.1 Å². The van der Waals surface area contributed by atoms with Gasteiger partial charge in [-0.3, -0.25) is 4.90 Å². The predicted molar refractivity (Wildman–Crippen MR) is 70.6 cm³/mol. The van der Waals surface area contributed by atoms with Crippen molar-refractivity contribution in [2.24, 2.45) is 0 Å². The molecule has 0 aromatic heterocycles. The van der Waals surface area contributed by atoms with E-state index in [-0.39, 0.29) is 5.75 Å². The molecule has 6 heteroatoms. The summed E-state index contributed by atoms with van der Waals surface area (Å²) in [5.41, 5.74) is 0. The molecule has 1 aliphatic rings. The van der Waals surface area contributed by atoms with Gasteiger partial charge < -0.3 is 5.32 Å². The summed E-state index contributed by atoms with van der Waals surface area (Å²) in [6.45, 7) is 10.6. The van der Waals surface area contributed by atoms with Gasteiger partial charge in [0.15, 0.2) is 0 Å². The molecule has 1 aliphatic heterocycles. The first-order valence-corrected chi connectivity index (χ1v) is 8.01. The Hall–Kier alpha value is -0.170. The van der Waals surface area contributed by atoms with Gasteiger partial charge in [-0.05, 0) is 20.4 Å². The van der Waals surface area contributed by atoms with Crippen molar-refractivity contribution in [2.45, 2.75) is 26.8 Å². The van der Waals surface area contributed by atoms with Gasteiger partial charge in [0.05, 0.1) is 5.75 Å². The van der Waals surface area contributed by atoms with E-state index in [1.807, 2.05) is 6.92 Å². The SMILES string of the molecule is CCNCCS(=O)(=O)N1CCN(C(C)C)CC1. The lowest BCUT2D eigenvalue weighted by atomic mass is 10.3. The largest absolute Gasteiger partial charge is 0.316 e. The van der Waals surface area contributed by atoms with Crippen molar-refractivity contribution < 1.29 is 8.42 Å². The molecule has 0 atom stereocenters. The minimum atomic E-state index is -3.06. The minimum Gasteiger partial charge on any atom is -0.316 e. The summed E-state index contributed by atoms with van der Waals surface area (Å²) < 4.78 is 25.6. The summed E-state index contributed by atoms with van der Waals surface area (Å²) in [6.07, 6.45) is 0. The van der Waals surface area contributed by atoms with E-state index in [1.165, 1.54) is 0 Å². The van der Waals surface area contributed by atoms with Crippen LogP contribution >= 0.6 is 0 Å². The van der Waals surface area contributed by atoms with E-state index in [0.29, 0.717) is 25.7 Å². The molecule has 0 bridgehead atoms. The van der Waals surface area contributed by atoms with Gasteiger partial charge in [0.1, 0.15) is 0 Å². The minimum absolute atomic E-state index is 0.211. The third-order valence-electron chi connectivity index (χ3n) is 3.18. The molecule has 1 fully saturated rings. The molecule has 102 valence electrons. The third-order valence-corrected chi connectivity index (χ3v) is 5.06. The zero-order valence-electron chi connectivity index (χ0n) is 11.1. The van der Waals surface area contributed by atoms with Crippen molar-refractivity contribution in [3.63, 3.8) is 0 Å². The predicted octanol–water partition coefficient (Wildman–Crippen LogP) is -0.0483. The summed E-state index contributed by atoms with van der Waals surface area (Å²) in [5, 5.41) is 3.05. The van der Waals surface area contributed by atoms with Gasteiger partial charge in [-0.1, -0.05) is 6.92 Å². The van der Waals surface area contributed by atoms with E-state index in [4.69, 9.17) is 0 Å².